The molecule has 0 heterocycles. The molecular formula is C17H16ClN3O2. The largest absolute Gasteiger partial charge is 0.326 e. The van der Waals surface area contributed by atoms with Crippen LogP contribution in [0.3, 0.4) is 0 Å². The molecule has 0 aliphatic carbocycles. The van der Waals surface area contributed by atoms with Crippen LogP contribution in [0, 0.1) is 0 Å². The zero-order valence-corrected chi connectivity index (χ0v) is 13.5. The molecule has 0 spiro atoms. The maximum Gasteiger partial charge on any atom is 0.272 e. The van der Waals surface area contributed by atoms with Crippen LogP contribution in [0.25, 0.3) is 0 Å². The number of anilines is 1. The molecule has 0 aromatic heterocycles. The van der Waals surface area contributed by atoms with Crippen molar-refractivity contribution in [1.29, 1.82) is 0 Å². The van der Waals surface area contributed by atoms with Gasteiger partial charge in [-0.25, -0.2) is 5.43 Å². The minimum atomic E-state index is -0.371. The Bertz CT molecular complexity index is 755. The molecule has 0 aliphatic rings. The Labute approximate surface area is 139 Å². The van der Waals surface area contributed by atoms with Gasteiger partial charge in [0.1, 0.15) is 0 Å². The van der Waals surface area contributed by atoms with E-state index < -0.39 is 0 Å². The number of amides is 2. The number of carbonyl (C=O) groups is 2. The normalized spacial score (nSPS) is 11.0. The molecule has 0 unspecified atom stereocenters. The van der Waals surface area contributed by atoms with E-state index in [0.29, 0.717) is 22.0 Å². The summed E-state index contributed by atoms with van der Waals surface area (Å²) in [4.78, 5) is 23.0. The zero-order chi connectivity index (χ0) is 16.8. The van der Waals surface area contributed by atoms with Crippen LogP contribution >= 0.6 is 11.6 Å². The fraction of sp³-hybridized carbons (Fsp3) is 0.118. The molecule has 2 aromatic rings. The van der Waals surface area contributed by atoms with E-state index in [1.54, 1.807) is 43.3 Å². The number of carbonyl (C=O) groups excluding carboxylic acids is 2. The van der Waals surface area contributed by atoms with Crippen molar-refractivity contribution in [2.75, 3.05) is 5.32 Å². The summed E-state index contributed by atoms with van der Waals surface area (Å²) in [6, 6.07) is 13.9. The molecule has 0 bridgehead atoms. The topological polar surface area (TPSA) is 70.6 Å². The highest BCUT2D eigenvalue weighted by atomic mass is 35.5. The number of hydrogen-bond donors (Lipinski definition) is 2. The number of rotatable bonds is 4. The van der Waals surface area contributed by atoms with E-state index >= 15 is 0 Å². The van der Waals surface area contributed by atoms with Crippen molar-refractivity contribution in [3.8, 4) is 0 Å². The molecule has 2 rings (SSSR count). The fourth-order valence-electron chi connectivity index (χ4n) is 1.90. The summed E-state index contributed by atoms with van der Waals surface area (Å²) in [6.07, 6.45) is 0. The van der Waals surface area contributed by atoms with Crippen LogP contribution in [-0.4, -0.2) is 17.5 Å². The van der Waals surface area contributed by atoms with Crippen molar-refractivity contribution in [1.82, 2.24) is 5.43 Å². The molecule has 0 saturated carbocycles. The van der Waals surface area contributed by atoms with Crippen LogP contribution in [0.15, 0.2) is 53.6 Å². The molecule has 0 saturated heterocycles. The molecule has 0 radical (unpaired) electrons. The Morgan fingerprint density at radius 3 is 2.26 bits per heavy atom. The van der Waals surface area contributed by atoms with Gasteiger partial charge in [0.05, 0.1) is 16.3 Å². The van der Waals surface area contributed by atoms with Gasteiger partial charge in [-0.3, -0.25) is 9.59 Å². The van der Waals surface area contributed by atoms with Gasteiger partial charge >= 0.3 is 0 Å². The summed E-state index contributed by atoms with van der Waals surface area (Å²) in [5, 5.41) is 7.13. The van der Waals surface area contributed by atoms with E-state index in [9.17, 15) is 9.59 Å². The van der Waals surface area contributed by atoms with Crippen LogP contribution in [0.4, 0.5) is 5.69 Å². The number of hydrogen-bond acceptors (Lipinski definition) is 3. The number of halogens is 1. The van der Waals surface area contributed by atoms with E-state index in [1.165, 1.54) is 6.92 Å². The van der Waals surface area contributed by atoms with Crippen molar-refractivity contribution in [3.63, 3.8) is 0 Å². The van der Waals surface area contributed by atoms with Crippen molar-refractivity contribution in [3.05, 3.63) is 64.7 Å². The lowest BCUT2D eigenvalue weighted by atomic mass is 10.1. The van der Waals surface area contributed by atoms with E-state index in [2.05, 4.69) is 15.8 Å². The van der Waals surface area contributed by atoms with Gasteiger partial charge in [-0.05, 0) is 36.8 Å². The molecule has 6 heteroatoms. The smallest absolute Gasteiger partial charge is 0.272 e. The highest BCUT2D eigenvalue weighted by Crippen LogP contribution is 2.14. The minimum absolute atomic E-state index is 0.129. The van der Waals surface area contributed by atoms with Gasteiger partial charge < -0.3 is 5.32 Å². The molecule has 118 valence electrons. The molecule has 23 heavy (non-hydrogen) atoms. The fourth-order valence-corrected chi connectivity index (χ4v) is 2.12. The third-order valence-corrected chi connectivity index (χ3v) is 3.40. The van der Waals surface area contributed by atoms with E-state index in [-0.39, 0.29) is 11.8 Å². The van der Waals surface area contributed by atoms with Gasteiger partial charge in [0.15, 0.2) is 0 Å². The first-order valence-corrected chi connectivity index (χ1v) is 7.32. The second-order valence-electron chi connectivity index (χ2n) is 4.88. The predicted molar refractivity (Wildman–Crippen MR) is 91.9 cm³/mol. The number of nitrogens with zero attached hydrogens (tertiary/aromatic N) is 1. The van der Waals surface area contributed by atoms with Crippen molar-refractivity contribution < 1.29 is 9.59 Å². The van der Waals surface area contributed by atoms with Crippen molar-refractivity contribution in [2.24, 2.45) is 5.10 Å². The molecule has 2 N–H and O–H groups in total. The zero-order valence-electron chi connectivity index (χ0n) is 12.8. The average Bonchev–Trinajstić information content (AvgIpc) is 2.53. The van der Waals surface area contributed by atoms with Crippen LogP contribution in [0.5, 0.6) is 0 Å². The third-order valence-electron chi connectivity index (χ3n) is 3.07. The van der Waals surface area contributed by atoms with Crippen molar-refractivity contribution >= 4 is 34.8 Å². The Balaban J connectivity index is 2.06. The Hall–Kier alpha value is -2.66. The third kappa shape index (κ3) is 4.66. The van der Waals surface area contributed by atoms with Crippen LogP contribution in [0.1, 0.15) is 29.8 Å². The monoisotopic (exact) mass is 329 g/mol. The predicted octanol–water partition coefficient (Wildman–Crippen LogP) is 3.45. The molecule has 2 aromatic carbocycles. The highest BCUT2D eigenvalue weighted by molar-refractivity contribution is 6.33. The van der Waals surface area contributed by atoms with E-state index in [1.807, 2.05) is 12.1 Å². The van der Waals surface area contributed by atoms with Gasteiger partial charge in [0.2, 0.25) is 5.91 Å². The lowest BCUT2D eigenvalue weighted by Gasteiger charge is -2.06. The molecule has 0 fully saturated rings. The standard InChI is InChI=1S/C17H16ClN3O2/c1-11(13-7-9-14(10-8-13)19-12(2)22)20-21-17(23)15-5-3-4-6-16(15)18/h3-10H,1-2H3,(H,19,22)(H,21,23)/b20-11-. The second-order valence-corrected chi connectivity index (χ2v) is 5.28. The quantitative estimate of drug-likeness (QED) is 0.666. The summed E-state index contributed by atoms with van der Waals surface area (Å²) < 4.78 is 0. The Morgan fingerprint density at radius 2 is 1.65 bits per heavy atom. The van der Waals surface area contributed by atoms with Gasteiger partial charge in [-0.2, -0.15) is 5.10 Å². The SMILES string of the molecule is CC(=O)Nc1ccc(/C(C)=N\NC(=O)c2ccccc2Cl)cc1. The van der Waals surface area contributed by atoms with E-state index in [0.717, 1.165) is 5.56 Å². The Morgan fingerprint density at radius 1 is 1.00 bits per heavy atom. The first-order chi connectivity index (χ1) is 11.0. The first kappa shape index (κ1) is 16.7. The lowest BCUT2D eigenvalue weighted by molar-refractivity contribution is -0.114. The summed E-state index contributed by atoms with van der Waals surface area (Å²) in [5.41, 5.74) is 5.02. The molecule has 2 amide bonds. The van der Waals surface area contributed by atoms with Gasteiger partial charge in [-0.15, -0.1) is 0 Å². The average molecular weight is 330 g/mol. The van der Waals surface area contributed by atoms with Gasteiger partial charge in [0, 0.05) is 12.6 Å². The Kier molecular flexibility index (Phi) is 5.49. The van der Waals surface area contributed by atoms with Crippen LogP contribution in [0.2, 0.25) is 5.02 Å². The maximum atomic E-state index is 12.0. The molecule has 5 nitrogen and oxygen atoms in total. The van der Waals surface area contributed by atoms with Crippen molar-refractivity contribution in [2.45, 2.75) is 13.8 Å². The van der Waals surface area contributed by atoms with E-state index in [4.69, 9.17) is 11.6 Å². The maximum absolute atomic E-state index is 12.0. The summed E-state index contributed by atoms with van der Waals surface area (Å²) in [5.74, 6) is -0.500. The molecule has 0 aliphatic heterocycles. The van der Waals surface area contributed by atoms with Crippen LogP contribution in [-0.2, 0) is 4.79 Å². The first-order valence-electron chi connectivity index (χ1n) is 6.94. The number of hydrazone groups is 1. The number of benzene rings is 2. The summed E-state index contributed by atoms with van der Waals surface area (Å²) in [6.45, 7) is 3.23. The molecular weight excluding hydrogens is 314 g/mol. The van der Waals surface area contributed by atoms with Gasteiger partial charge in [-0.1, -0.05) is 35.9 Å². The summed E-state index contributed by atoms with van der Waals surface area (Å²) in [7, 11) is 0. The lowest BCUT2D eigenvalue weighted by Crippen LogP contribution is -2.19. The molecule has 0 atom stereocenters. The highest BCUT2D eigenvalue weighted by Gasteiger charge is 2.08. The van der Waals surface area contributed by atoms with Gasteiger partial charge in [0.25, 0.3) is 5.91 Å². The van der Waals surface area contributed by atoms with Crippen LogP contribution < -0.4 is 10.7 Å². The summed E-state index contributed by atoms with van der Waals surface area (Å²) >= 11 is 5.97. The second kappa shape index (κ2) is 7.56. The number of nitrogens with one attached hydrogen (secondary N) is 2. The minimum Gasteiger partial charge on any atom is -0.326 e.